The lowest BCUT2D eigenvalue weighted by Gasteiger charge is -2.45. The smallest absolute Gasteiger partial charge is 0.120 e. The highest BCUT2D eigenvalue weighted by atomic mass is 35.5. The Bertz CT molecular complexity index is 434. The molecule has 1 saturated heterocycles. The maximum Gasteiger partial charge on any atom is 0.120 e. The maximum absolute atomic E-state index is 9.99. The van der Waals surface area contributed by atoms with Crippen LogP contribution in [0, 0.1) is 0 Å². The van der Waals surface area contributed by atoms with Crippen molar-refractivity contribution >= 4 is 11.6 Å². The highest BCUT2D eigenvalue weighted by molar-refractivity contribution is 6.30. The number of halogens is 1. The van der Waals surface area contributed by atoms with Crippen LogP contribution in [0.5, 0.6) is 5.75 Å². The van der Waals surface area contributed by atoms with Crippen LogP contribution < -0.4 is 0 Å². The lowest BCUT2D eigenvalue weighted by molar-refractivity contribution is -0.0698. The van der Waals surface area contributed by atoms with Gasteiger partial charge in [-0.2, -0.15) is 0 Å². The number of phenolic OH excluding ortho intramolecular Hbond substituents is 1. The van der Waals surface area contributed by atoms with E-state index in [1.807, 2.05) is 6.07 Å². The van der Waals surface area contributed by atoms with E-state index in [2.05, 4.69) is 25.7 Å². The minimum absolute atomic E-state index is 0.0353. The third-order valence-corrected chi connectivity index (χ3v) is 3.85. The number of ether oxygens (including phenoxy) is 1. The minimum Gasteiger partial charge on any atom is -0.508 e. The summed E-state index contributed by atoms with van der Waals surface area (Å²) in [6.07, 6.45) is 0. The molecular weight excluding hydrogens is 250 g/mol. The van der Waals surface area contributed by atoms with Gasteiger partial charge in [-0.3, -0.25) is 4.90 Å². The minimum atomic E-state index is -0.0353. The second-order valence-electron chi connectivity index (χ2n) is 5.44. The van der Waals surface area contributed by atoms with Gasteiger partial charge in [-0.05, 0) is 39.0 Å². The van der Waals surface area contributed by atoms with Crippen LogP contribution in [-0.4, -0.2) is 35.3 Å². The standard InChI is InChI=1S/C14H20ClNO2/c1-10(12-8-11(15)4-5-13(12)17)16-6-7-18-9-14(16,2)3/h4-5,8,10,17H,6-7,9H2,1-3H3. The van der Waals surface area contributed by atoms with E-state index in [1.54, 1.807) is 12.1 Å². The molecule has 0 aromatic heterocycles. The first-order chi connectivity index (χ1) is 8.42. The van der Waals surface area contributed by atoms with E-state index < -0.39 is 0 Å². The van der Waals surface area contributed by atoms with E-state index in [-0.39, 0.29) is 11.6 Å². The molecule has 2 rings (SSSR count). The number of aromatic hydroxyl groups is 1. The SMILES string of the molecule is CC(c1cc(Cl)ccc1O)N1CCOCC1(C)C. The maximum atomic E-state index is 9.99. The monoisotopic (exact) mass is 269 g/mol. The normalized spacial score (nSPS) is 21.8. The van der Waals surface area contributed by atoms with Crippen LogP contribution in [0.25, 0.3) is 0 Å². The average molecular weight is 270 g/mol. The molecule has 4 heteroatoms. The van der Waals surface area contributed by atoms with Crippen LogP contribution in [0.2, 0.25) is 5.02 Å². The third kappa shape index (κ3) is 2.63. The summed E-state index contributed by atoms with van der Waals surface area (Å²) in [6.45, 7) is 8.71. The first-order valence-electron chi connectivity index (χ1n) is 6.25. The fraction of sp³-hybridized carbons (Fsp3) is 0.571. The van der Waals surface area contributed by atoms with Gasteiger partial charge in [0.15, 0.2) is 0 Å². The first kappa shape index (κ1) is 13.7. The molecule has 1 aromatic rings. The molecule has 3 nitrogen and oxygen atoms in total. The molecule has 1 unspecified atom stereocenters. The number of nitrogens with zero attached hydrogens (tertiary/aromatic N) is 1. The summed E-state index contributed by atoms with van der Waals surface area (Å²) >= 11 is 6.02. The Morgan fingerprint density at radius 2 is 2.17 bits per heavy atom. The zero-order valence-electron chi connectivity index (χ0n) is 11.1. The quantitative estimate of drug-likeness (QED) is 0.895. The van der Waals surface area contributed by atoms with Gasteiger partial charge < -0.3 is 9.84 Å². The summed E-state index contributed by atoms with van der Waals surface area (Å²) in [6, 6.07) is 5.31. The number of morpholine rings is 1. The third-order valence-electron chi connectivity index (χ3n) is 3.62. The topological polar surface area (TPSA) is 32.7 Å². The Hall–Kier alpha value is -0.770. The van der Waals surface area contributed by atoms with Gasteiger partial charge in [0.1, 0.15) is 5.75 Å². The van der Waals surface area contributed by atoms with Crippen LogP contribution in [0.15, 0.2) is 18.2 Å². The Balaban J connectivity index is 2.29. The molecule has 0 aliphatic carbocycles. The summed E-state index contributed by atoms with van der Waals surface area (Å²) in [5.41, 5.74) is 0.837. The molecule has 1 aromatic carbocycles. The van der Waals surface area contributed by atoms with E-state index in [0.717, 1.165) is 18.7 Å². The van der Waals surface area contributed by atoms with Crippen LogP contribution >= 0.6 is 11.6 Å². The summed E-state index contributed by atoms with van der Waals surface area (Å²) in [7, 11) is 0. The highest BCUT2D eigenvalue weighted by Gasteiger charge is 2.35. The largest absolute Gasteiger partial charge is 0.508 e. The van der Waals surface area contributed by atoms with Crippen molar-refractivity contribution in [2.24, 2.45) is 0 Å². The summed E-state index contributed by atoms with van der Waals surface area (Å²) in [5.74, 6) is 0.300. The van der Waals surface area contributed by atoms with Crippen molar-refractivity contribution in [2.75, 3.05) is 19.8 Å². The molecule has 0 spiro atoms. The van der Waals surface area contributed by atoms with Crippen molar-refractivity contribution in [1.82, 2.24) is 4.90 Å². The summed E-state index contributed by atoms with van der Waals surface area (Å²) < 4.78 is 5.52. The Kier molecular flexibility index (Phi) is 3.85. The van der Waals surface area contributed by atoms with Crippen molar-refractivity contribution in [2.45, 2.75) is 32.4 Å². The molecule has 1 N–H and O–H groups in total. The first-order valence-corrected chi connectivity index (χ1v) is 6.62. The number of hydrogen-bond donors (Lipinski definition) is 1. The molecule has 0 saturated carbocycles. The molecule has 100 valence electrons. The van der Waals surface area contributed by atoms with Crippen molar-refractivity contribution in [3.63, 3.8) is 0 Å². The van der Waals surface area contributed by atoms with E-state index in [4.69, 9.17) is 16.3 Å². The molecule has 1 fully saturated rings. The van der Waals surface area contributed by atoms with E-state index in [1.165, 1.54) is 0 Å². The van der Waals surface area contributed by atoms with Gasteiger partial charge in [0.05, 0.1) is 13.2 Å². The second-order valence-corrected chi connectivity index (χ2v) is 5.87. The van der Waals surface area contributed by atoms with Crippen molar-refractivity contribution < 1.29 is 9.84 Å². The van der Waals surface area contributed by atoms with Crippen LogP contribution in [0.3, 0.4) is 0 Å². The Morgan fingerprint density at radius 1 is 1.44 bits per heavy atom. The molecular formula is C14H20ClNO2. The fourth-order valence-electron chi connectivity index (χ4n) is 2.62. The lowest BCUT2D eigenvalue weighted by atomic mass is 9.96. The lowest BCUT2D eigenvalue weighted by Crippen LogP contribution is -2.53. The number of benzene rings is 1. The predicted octanol–water partition coefficient (Wildman–Crippen LogP) is 3.22. The van der Waals surface area contributed by atoms with Gasteiger partial charge in [0.2, 0.25) is 0 Å². The Labute approximate surface area is 113 Å². The molecule has 0 amide bonds. The van der Waals surface area contributed by atoms with Crippen molar-refractivity contribution in [1.29, 1.82) is 0 Å². The zero-order chi connectivity index (χ0) is 13.3. The van der Waals surface area contributed by atoms with Crippen molar-refractivity contribution in [3.05, 3.63) is 28.8 Å². The molecule has 1 aliphatic heterocycles. The van der Waals surface area contributed by atoms with E-state index in [9.17, 15) is 5.11 Å². The fourth-order valence-corrected chi connectivity index (χ4v) is 2.80. The number of phenols is 1. The number of hydrogen-bond acceptors (Lipinski definition) is 3. The van der Waals surface area contributed by atoms with Crippen molar-refractivity contribution in [3.8, 4) is 5.75 Å². The van der Waals surface area contributed by atoms with E-state index in [0.29, 0.717) is 17.4 Å². The van der Waals surface area contributed by atoms with Gasteiger partial charge in [0.25, 0.3) is 0 Å². The predicted molar refractivity (Wildman–Crippen MR) is 73.1 cm³/mol. The summed E-state index contributed by atoms with van der Waals surface area (Å²) in [4.78, 5) is 2.35. The Morgan fingerprint density at radius 3 is 2.83 bits per heavy atom. The van der Waals surface area contributed by atoms with Gasteiger partial charge in [-0.15, -0.1) is 0 Å². The van der Waals surface area contributed by atoms with Gasteiger partial charge in [0, 0.05) is 28.7 Å². The van der Waals surface area contributed by atoms with Gasteiger partial charge >= 0.3 is 0 Å². The van der Waals surface area contributed by atoms with E-state index >= 15 is 0 Å². The molecule has 1 atom stereocenters. The second kappa shape index (κ2) is 5.08. The molecule has 1 heterocycles. The van der Waals surface area contributed by atoms with Crippen LogP contribution in [-0.2, 0) is 4.74 Å². The summed E-state index contributed by atoms with van der Waals surface area (Å²) in [5, 5.41) is 10.6. The molecule has 18 heavy (non-hydrogen) atoms. The van der Waals surface area contributed by atoms with Gasteiger partial charge in [-0.25, -0.2) is 0 Å². The molecule has 0 bridgehead atoms. The zero-order valence-corrected chi connectivity index (χ0v) is 11.9. The average Bonchev–Trinajstić information content (AvgIpc) is 2.31. The number of rotatable bonds is 2. The molecule has 1 aliphatic rings. The molecule has 0 radical (unpaired) electrons. The van der Waals surface area contributed by atoms with Crippen LogP contribution in [0.1, 0.15) is 32.4 Å². The highest BCUT2D eigenvalue weighted by Crippen LogP contribution is 2.35. The van der Waals surface area contributed by atoms with Gasteiger partial charge in [-0.1, -0.05) is 11.6 Å². The van der Waals surface area contributed by atoms with Crippen LogP contribution in [0.4, 0.5) is 0 Å².